The van der Waals surface area contributed by atoms with E-state index in [1.165, 1.54) is 64.2 Å². The molecule has 4 aliphatic rings. The summed E-state index contributed by atoms with van der Waals surface area (Å²) in [4.78, 5) is 54.9. The molecule has 2 heterocycles. The van der Waals surface area contributed by atoms with Gasteiger partial charge in [-0.05, 0) is 50.4 Å². The molecule has 0 saturated heterocycles. The molecule has 0 spiro atoms. The Bertz CT molecular complexity index is 1440. The molecular weight excluding hydrogens is 682 g/mol. The Morgan fingerprint density at radius 1 is 0.642 bits per heavy atom. The summed E-state index contributed by atoms with van der Waals surface area (Å²) in [7, 11) is 0. The van der Waals surface area contributed by atoms with Gasteiger partial charge in [0.1, 0.15) is 0 Å². The first-order valence-electron chi connectivity index (χ1n) is 20.1. The molecule has 3 amide bonds. The van der Waals surface area contributed by atoms with Gasteiger partial charge in [0.05, 0.1) is 19.5 Å². The molecule has 6 rings (SSSR count). The van der Waals surface area contributed by atoms with Crippen molar-refractivity contribution in [3.63, 3.8) is 0 Å². The molecule has 53 heavy (non-hydrogen) atoms. The number of carbonyl (C=O) groups is 4. The highest BCUT2D eigenvalue weighted by atomic mass is 16.5. The number of carbonyl (C=O) groups excluding carboxylic acids is 3. The van der Waals surface area contributed by atoms with Gasteiger partial charge < -0.3 is 24.8 Å². The lowest BCUT2D eigenvalue weighted by atomic mass is 9.84. The van der Waals surface area contributed by atoms with E-state index >= 15 is 0 Å². The molecule has 2 aromatic heterocycles. The van der Waals surface area contributed by atoms with Crippen molar-refractivity contribution in [3.05, 3.63) is 23.4 Å². The predicted octanol–water partition coefficient (Wildman–Crippen LogP) is 6.23. The smallest absolute Gasteiger partial charge is 0.304 e. The molecule has 15 nitrogen and oxygen atoms in total. The van der Waals surface area contributed by atoms with Crippen molar-refractivity contribution >= 4 is 23.7 Å². The third kappa shape index (κ3) is 14.5. The minimum Gasteiger partial charge on any atom is -0.481 e. The van der Waals surface area contributed by atoms with Crippen LogP contribution in [0.4, 0.5) is 0 Å². The Labute approximate surface area is 311 Å². The van der Waals surface area contributed by atoms with Gasteiger partial charge in [0.15, 0.2) is 11.6 Å². The largest absolute Gasteiger partial charge is 0.481 e. The van der Waals surface area contributed by atoms with E-state index in [1.807, 2.05) is 0 Å². The number of rotatable bonds is 20. The second-order valence-electron chi connectivity index (χ2n) is 15.7. The van der Waals surface area contributed by atoms with Gasteiger partial charge >= 0.3 is 5.97 Å². The minimum absolute atomic E-state index is 0.000727. The van der Waals surface area contributed by atoms with Crippen molar-refractivity contribution < 1.29 is 38.5 Å². The third-order valence-electron chi connectivity index (χ3n) is 11.2. The van der Waals surface area contributed by atoms with Gasteiger partial charge in [-0.25, -0.2) is 5.48 Å². The maximum absolute atomic E-state index is 11.7. The molecule has 0 aromatic carbocycles. The third-order valence-corrected chi connectivity index (χ3v) is 11.2. The maximum atomic E-state index is 11.7. The quantitative estimate of drug-likeness (QED) is 0.0753. The van der Waals surface area contributed by atoms with Crippen LogP contribution >= 0.6 is 0 Å². The molecule has 0 bridgehead atoms. The van der Waals surface area contributed by atoms with E-state index < -0.39 is 11.9 Å². The number of carboxylic acid groups (broad SMARTS) is 1. The van der Waals surface area contributed by atoms with Crippen LogP contribution in [0.3, 0.4) is 0 Å². The first-order chi connectivity index (χ1) is 25.8. The zero-order valence-corrected chi connectivity index (χ0v) is 31.1. The number of hydrogen-bond donors (Lipinski definition) is 5. The van der Waals surface area contributed by atoms with Crippen molar-refractivity contribution in [1.29, 1.82) is 0 Å². The summed E-state index contributed by atoms with van der Waals surface area (Å²) in [5, 5.41) is 31.5. The molecule has 15 heteroatoms. The zero-order valence-electron chi connectivity index (χ0n) is 31.1. The number of nitrogens with one attached hydrogen (secondary N) is 3. The Kier molecular flexibility index (Phi) is 16.1. The van der Waals surface area contributed by atoms with E-state index in [2.05, 4.69) is 30.9 Å². The molecule has 0 aliphatic heterocycles. The van der Waals surface area contributed by atoms with Gasteiger partial charge in [-0.3, -0.25) is 24.4 Å². The Morgan fingerprint density at radius 2 is 1.08 bits per heavy atom. The number of hydrogen-bond acceptors (Lipinski definition) is 11. The van der Waals surface area contributed by atoms with Crippen LogP contribution in [0.25, 0.3) is 0 Å². The van der Waals surface area contributed by atoms with Gasteiger partial charge in [-0.1, -0.05) is 100 Å². The van der Waals surface area contributed by atoms with E-state index in [-0.39, 0.29) is 61.4 Å². The summed E-state index contributed by atoms with van der Waals surface area (Å²) in [6, 6.07) is 0. The van der Waals surface area contributed by atoms with Crippen molar-refractivity contribution in [1.82, 2.24) is 36.4 Å². The van der Waals surface area contributed by atoms with Gasteiger partial charge in [0, 0.05) is 30.1 Å². The van der Waals surface area contributed by atoms with Crippen LogP contribution in [0.5, 0.6) is 0 Å². The molecule has 5 N–H and O–H groups in total. The summed E-state index contributed by atoms with van der Waals surface area (Å²) in [5.41, 5.74) is 1.69. The highest BCUT2D eigenvalue weighted by Gasteiger charge is 2.31. The average molecular weight is 742 g/mol. The van der Waals surface area contributed by atoms with E-state index in [0.717, 1.165) is 76.0 Å². The van der Waals surface area contributed by atoms with Crippen molar-refractivity contribution in [2.75, 3.05) is 0 Å². The van der Waals surface area contributed by atoms with Crippen LogP contribution in [-0.2, 0) is 32.3 Å². The summed E-state index contributed by atoms with van der Waals surface area (Å²) < 4.78 is 10.7. The topological polar surface area (TPSA) is 223 Å². The highest BCUT2D eigenvalue weighted by molar-refractivity contribution is 5.81. The monoisotopic (exact) mass is 741 g/mol. The Balaban J connectivity index is 0.000000204. The molecule has 294 valence electrons. The summed E-state index contributed by atoms with van der Waals surface area (Å²) in [6.07, 6.45) is 22.9. The number of aromatic nitrogens is 4. The van der Waals surface area contributed by atoms with Crippen LogP contribution in [0.15, 0.2) is 9.05 Å². The standard InChI is InChI=1S/C19H30N4O4.C19H29N3O4/c24-17(22-26)11-15(8-4-7-13-5-2-1-3-6-13)19-21-16(23-27-19)12-20-18(25)14-9-10-14;23-17(24)11-15(8-4-7-13-5-2-1-3-6-13)19-21-16(22-26-19)12-20-18(25)14-9-10-14/h13-15,26H,1-12H2,(H,20,25)(H,22,24);13-15H,1-12H2,(H,20,25)(H,23,24)/t2*15-/m11/s1. The summed E-state index contributed by atoms with van der Waals surface area (Å²) >= 11 is 0. The van der Waals surface area contributed by atoms with Gasteiger partial charge in [-0.2, -0.15) is 9.97 Å². The SMILES string of the molecule is O=C(C[C@@H](CCCC1CCCCC1)c1nc(CNC(=O)C2CC2)no1)NO.O=C(O)C[C@@H](CCCC1CCCCC1)c1nc(CNC(=O)C2CC2)no1. The number of nitrogens with zero attached hydrogens (tertiary/aromatic N) is 4. The summed E-state index contributed by atoms with van der Waals surface area (Å²) in [6.45, 7) is 0.473. The maximum Gasteiger partial charge on any atom is 0.304 e. The van der Waals surface area contributed by atoms with Crippen molar-refractivity contribution in [3.8, 4) is 0 Å². The fourth-order valence-electron chi connectivity index (χ4n) is 7.69. The lowest BCUT2D eigenvalue weighted by Crippen LogP contribution is -2.24. The number of hydroxylamine groups is 1. The first-order valence-corrected chi connectivity index (χ1v) is 20.1. The van der Waals surface area contributed by atoms with E-state index in [1.54, 1.807) is 5.48 Å². The van der Waals surface area contributed by atoms with Crippen LogP contribution in [-0.4, -0.2) is 54.3 Å². The van der Waals surface area contributed by atoms with Crippen LogP contribution in [0.2, 0.25) is 0 Å². The minimum atomic E-state index is -0.852. The second kappa shape index (κ2) is 21.1. The average Bonchev–Trinajstić information content (AvgIpc) is 4.11. The van der Waals surface area contributed by atoms with Crippen molar-refractivity contribution in [2.24, 2.45) is 23.7 Å². The fraction of sp³-hybridized carbons (Fsp3) is 0.789. The van der Waals surface area contributed by atoms with Crippen LogP contribution in [0, 0.1) is 23.7 Å². The van der Waals surface area contributed by atoms with Gasteiger partial charge in [0.2, 0.25) is 29.5 Å². The second-order valence-corrected chi connectivity index (χ2v) is 15.7. The number of carboxylic acids is 1. The van der Waals surface area contributed by atoms with Crippen molar-refractivity contribution in [2.45, 2.75) is 166 Å². The zero-order chi connectivity index (χ0) is 37.4. The molecule has 0 unspecified atom stereocenters. The fourth-order valence-corrected chi connectivity index (χ4v) is 7.69. The van der Waals surface area contributed by atoms with E-state index in [0.29, 0.717) is 23.4 Å². The first kappa shape index (κ1) is 40.3. The van der Waals surface area contributed by atoms with Gasteiger partial charge in [-0.15, -0.1) is 0 Å². The lowest BCUT2D eigenvalue weighted by molar-refractivity contribution is -0.137. The normalized spacial score (nSPS) is 19.0. The molecule has 0 radical (unpaired) electrons. The molecule has 2 atom stereocenters. The van der Waals surface area contributed by atoms with Crippen LogP contribution < -0.4 is 16.1 Å². The number of amides is 3. The Morgan fingerprint density at radius 3 is 1.47 bits per heavy atom. The van der Waals surface area contributed by atoms with E-state index in [9.17, 15) is 24.3 Å². The molecule has 4 aliphatic carbocycles. The Hall–Kier alpha value is -3.88. The van der Waals surface area contributed by atoms with Gasteiger partial charge in [0.25, 0.3) is 0 Å². The predicted molar refractivity (Wildman–Crippen MR) is 191 cm³/mol. The molecule has 4 saturated carbocycles. The van der Waals surface area contributed by atoms with Crippen LogP contribution in [0.1, 0.15) is 177 Å². The number of aliphatic carboxylic acids is 1. The van der Waals surface area contributed by atoms with E-state index in [4.69, 9.17) is 14.3 Å². The molecular formula is C38H59N7O8. The highest BCUT2D eigenvalue weighted by Crippen LogP contribution is 2.33. The molecule has 2 aromatic rings. The summed E-state index contributed by atoms with van der Waals surface area (Å²) in [5.74, 6) is 1.73. The molecule has 4 fully saturated rings. The lowest BCUT2D eigenvalue weighted by Gasteiger charge is -2.22.